The zero-order valence-corrected chi connectivity index (χ0v) is 11.8. The number of pyridine rings is 1. The Morgan fingerprint density at radius 2 is 2.05 bits per heavy atom. The van der Waals surface area contributed by atoms with E-state index in [1.807, 2.05) is 18.2 Å². The van der Waals surface area contributed by atoms with Gasteiger partial charge in [0.1, 0.15) is 0 Å². The number of nitrogens with one attached hydrogen (secondary N) is 1. The number of nitrogens with zero attached hydrogens (tertiary/aromatic N) is 3. The van der Waals surface area contributed by atoms with Crippen molar-refractivity contribution in [1.82, 2.24) is 20.3 Å². The topological polar surface area (TPSA) is 84.8 Å². The van der Waals surface area contributed by atoms with Crippen LogP contribution in [0.15, 0.2) is 41.8 Å². The van der Waals surface area contributed by atoms with Crippen molar-refractivity contribution >= 4 is 23.6 Å². The molecule has 0 radical (unpaired) electrons. The molecule has 21 heavy (non-hydrogen) atoms. The molecule has 1 fully saturated rings. The highest BCUT2D eigenvalue weighted by Gasteiger charge is 2.30. The summed E-state index contributed by atoms with van der Waals surface area (Å²) in [5.41, 5.74) is 1.51. The SMILES string of the molecule is O=C1CC(CSc2nccc(-c3ccccn3)n2)C(=O)N1. The summed E-state index contributed by atoms with van der Waals surface area (Å²) < 4.78 is 0. The van der Waals surface area contributed by atoms with E-state index in [0.29, 0.717) is 10.9 Å². The quantitative estimate of drug-likeness (QED) is 0.520. The van der Waals surface area contributed by atoms with Gasteiger partial charge in [0.25, 0.3) is 0 Å². The van der Waals surface area contributed by atoms with E-state index in [9.17, 15) is 9.59 Å². The number of amides is 2. The van der Waals surface area contributed by atoms with Crippen molar-refractivity contribution in [3.8, 4) is 11.4 Å². The van der Waals surface area contributed by atoms with Crippen LogP contribution in [0, 0.1) is 5.92 Å². The van der Waals surface area contributed by atoms with Crippen molar-refractivity contribution in [3.05, 3.63) is 36.7 Å². The van der Waals surface area contributed by atoms with Gasteiger partial charge in [0.05, 0.1) is 17.3 Å². The predicted octanol–water partition coefficient (Wildman–Crippen LogP) is 1.29. The average Bonchev–Trinajstić information content (AvgIpc) is 2.84. The van der Waals surface area contributed by atoms with Gasteiger partial charge in [0.15, 0.2) is 5.16 Å². The maximum absolute atomic E-state index is 11.5. The fraction of sp³-hybridized carbons (Fsp3) is 0.214. The lowest BCUT2D eigenvalue weighted by Crippen LogP contribution is -2.22. The highest BCUT2D eigenvalue weighted by atomic mass is 32.2. The van der Waals surface area contributed by atoms with Crippen LogP contribution < -0.4 is 5.32 Å². The molecule has 0 bridgehead atoms. The van der Waals surface area contributed by atoms with E-state index in [-0.39, 0.29) is 24.2 Å². The smallest absolute Gasteiger partial charge is 0.231 e. The van der Waals surface area contributed by atoms with Crippen molar-refractivity contribution in [2.45, 2.75) is 11.6 Å². The molecule has 7 heteroatoms. The van der Waals surface area contributed by atoms with Gasteiger partial charge in [-0.2, -0.15) is 0 Å². The molecule has 1 aliphatic rings. The maximum Gasteiger partial charge on any atom is 0.231 e. The fourth-order valence-electron chi connectivity index (χ4n) is 1.98. The molecular formula is C14H12N4O2S. The third-order valence-electron chi connectivity index (χ3n) is 3.04. The Bertz CT molecular complexity index is 678. The lowest BCUT2D eigenvalue weighted by atomic mass is 10.1. The molecule has 3 rings (SSSR count). The summed E-state index contributed by atoms with van der Waals surface area (Å²) in [4.78, 5) is 35.5. The molecule has 0 spiro atoms. The van der Waals surface area contributed by atoms with Crippen LogP contribution in [0.2, 0.25) is 0 Å². The van der Waals surface area contributed by atoms with Crippen LogP contribution in [0.1, 0.15) is 6.42 Å². The molecule has 1 aliphatic heterocycles. The molecule has 0 aromatic carbocycles. The monoisotopic (exact) mass is 300 g/mol. The summed E-state index contributed by atoms with van der Waals surface area (Å²) >= 11 is 1.37. The number of carbonyl (C=O) groups is 2. The maximum atomic E-state index is 11.5. The van der Waals surface area contributed by atoms with E-state index >= 15 is 0 Å². The normalized spacial score (nSPS) is 17.8. The molecule has 1 unspecified atom stereocenters. The van der Waals surface area contributed by atoms with Gasteiger partial charge in [-0.1, -0.05) is 17.8 Å². The van der Waals surface area contributed by atoms with Crippen molar-refractivity contribution in [3.63, 3.8) is 0 Å². The molecule has 1 saturated heterocycles. The molecule has 6 nitrogen and oxygen atoms in total. The first kappa shape index (κ1) is 13.7. The van der Waals surface area contributed by atoms with Crippen molar-refractivity contribution in [2.75, 3.05) is 5.75 Å². The Labute approximate surface area is 125 Å². The number of rotatable bonds is 4. The number of aromatic nitrogens is 3. The number of hydrogen-bond acceptors (Lipinski definition) is 6. The van der Waals surface area contributed by atoms with E-state index in [2.05, 4.69) is 20.3 Å². The Morgan fingerprint density at radius 1 is 1.14 bits per heavy atom. The summed E-state index contributed by atoms with van der Waals surface area (Å²) in [6.07, 6.45) is 3.61. The third-order valence-corrected chi connectivity index (χ3v) is 4.06. The zero-order valence-electron chi connectivity index (χ0n) is 11.0. The van der Waals surface area contributed by atoms with Crippen LogP contribution in [0.5, 0.6) is 0 Å². The Morgan fingerprint density at radius 3 is 2.76 bits per heavy atom. The summed E-state index contributed by atoms with van der Waals surface area (Å²) in [7, 11) is 0. The number of imide groups is 1. The van der Waals surface area contributed by atoms with Gasteiger partial charge in [0.2, 0.25) is 11.8 Å². The molecule has 1 N–H and O–H groups in total. The number of thioether (sulfide) groups is 1. The highest BCUT2D eigenvalue weighted by Crippen LogP contribution is 2.23. The number of hydrogen-bond donors (Lipinski definition) is 1. The molecule has 2 aromatic heterocycles. The minimum Gasteiger partial charge on any atom is -0.296 e. The first-order chi connectivity index (χ1) is 10.2. The third kappa shape index (κ3) is 3.25. The first-order valence-electron chi connectivity index (χ1n) is 6.43. The van der Waals surface area contributed by atoms with Gasteiger partial charge in [0, 0.05) is 24.6 Å². The second kappa shape index (κ2) is 6.01. The lowest BCUT2D eigenvalue weighted by Gasteiger charge is -2.05. The van der Waals surface area contributed by atoms with Gasteiger partial charge >= 0.3 is 0 Å². The molecule has 106 valence electrons. The van der Waals surface area contributed by atoms with Crippen LogP contribution in [-0.2, 0) is 9.59 Å². The Kier molecular flexibility index (Phi) is 3.92. The van der Waals surface area contributed by atoms with Crippen molar-refractivity contribution in [2.24, 2.45) is 5.92 Å². The minimum atomic E-state index is -0.301. The molecule has 0 saturated carbocycles. The van der Waals surface area contributed by atoms with Crippen LogP contribution in [0.3, 0.4) is 0 Å². The zero-order chi connectivity index (χ0) is 14.7. The molecule has 3 heterocycles. The summed E-state index contributed by atoms with van der Waals surface area (Å²) in [5.74, 6) is -0.241. The van der Waals surface area contributed by atoms with E-state index in [4.69, 9.17) is 0 Å². The predicted molar refractivity (Wildman–Crippen MR) is 77.2 cm³/mol. The van der Waals surface area contributed by atoms with Crippen molar-refractivity contribution < 1.29 is 9.59 Å². The van der Waals surface area contributed by atoms with Gasteiger partial charge in [-0.25, -0.2) is 9.97 Å². The molecule has 1 atom stereocenters. The largest absolute Gasteiger partial charge is 0.296 e. The number of carbonyl (C=O) groups excluding carboxylic acids is 2. The van der Waals surface area contributed by atoms with Gasteiger partial charge < -0.3 is 0 Å². The van der Waals surface area contributed by atoms with Crippen LogP contribution >= 0.6 is 11.8 Å². The molecule has 2 amide bonds. The van der Waals surface area contributed by atoms with Gasteiger partial charge in [-0.05, 0) is 18.2 Å². The second-order valence-electron chi connectivity index (χ2n) is 4.56. The van der Waals surface area contributed by atoms with Crippen molar-refractivity contribution in [1.29, 1.82) is 0 Å². The minimum absolute atomic E-state index is 0.214. The van der Waals surface area contributed by atoms with E-state index in [1.54, 1.807) is 18.5 Å². The summed E-state index contributed by atoms with van der Waals surface area (Å²) in [5, 5.41) is 2.87. The van der Waals surface area contributed by atoms with Crippen LogP contribution in [0.4, 0.5) is 0 Å². The van der Waals surface area contributed by atoms with E-state index < -0.39 is 0 Å². The Hall–Kier alpha value is -2.28. The van der Waals surface area contributed by atoms with Gasteiger partial charge in [-0.3, -0.25) is 19.9 Å². The van der Waals surface area contributed by atoms with Gasteiger partial charge in [-0.15, -0.1) is 0 Å². The summed E-state index contributed by atoms with van der Waals surface area (Å²) in [6.45, 7) is 0. The Balaban J connectivity index is 1.69. The second-order valence-corrected chi connectivity index (χ2v) is 5.55. The molecule has 0 aliphatic carbocycles. The highest BCUT2D eigenvalue weighted by molar-refractivity contribution is 7.99. The van der Waals surface area contributed by atoms with E-state index in [0.717, 1.165) is 11.4 Å². The fourth-order valence-corrected chi connectivity index (χ4v) is 2.90. The lowest BCUT2D eigenvalue weighted by molar-refractivity contribution is -0.125. The molecule has 2 aromatic rings. The van der Waals surface area contributed by atoms with E-state index in [1.165, 1.54) is 11.8 Å². The van der Waals surface area contributed by atoms with Crippen LogP contribution in [0.25, 0.3) is 11.4 Å². The summed E-state index contributed by atoms with van der Waals surface area (Å²) in [6, 6.07) is 7.40. The standard InChI is InChI=1S/C14H12N4O2S/c19-12-7-9(13(20)18-12)8-21-14-16-6-4-11(17-14)10-3-1-2-5-15-10/h1-6,9H,7-8H2,(H,18,19,20). The van der Waals surface area contributed by atoms with Crippen LogP contribution in [-0.4, -0.2) is 32.5 Å². The molecular weight excluding hydrogens is 288 g/mol. The first-order valence-corrected chi connectivity index (χ1v) is 7.42. The average molecular weight is 300 g/mol.